The molecule has 0 heterocycles. The van der Waals surface area contributed by atoms with Crippen LogP contribution in [0.15, 0.2) is 28.2 Å². The Kier molecular flexibility index (Phi) is 4.85. The smallest absolute Gasteiger partial charge is 0.0216 e. The molecule has 0 fully saturated rings. The van der Waals surface area contributed by atoms with Gasteiger partial charge in [-0.05, 0) is 36.5 Å². The van der Waals surface area contributed by atoms with E-state index in [1.165, 1.54) is 54.1 Å². The number of fused-ring (bicyclic) bond motifs is 1. The van der Waals surface area contributed by atoms with Crippen molar-refractivity contribution < 1.29 is 0 Å². The van der Waals surface area contributed by atoms with Crippen LogP contribution in [0.5, 0.6) is 0 Å². The van der Waals surface area contributed by atoms with Crippen molar-refractivity contribution >= 4 is 22.0 Å². The van der Waals surface area contributed by atoms with Crippen LogP contribution in [-0.2, 0) is 6.42 Å². The molecule has 1 aliphatic carbocycles. The Balaban J connectivity index is 1.81. The third kappa shape index (κ3) is 3.45. The van der Waals surface area contributed by atoms with Gasteiger partial charge in [0.25, 0.3) is 0 Å². The van der Waals surface area contributed by atoms with Gasteiger partial charge in [0.2, 0.25) is 0 Å². The second-order valence-corrected chi connectivity index (χ2v) is 5.81. The molecule has 0 bridgehead atoms. The number of allylic oxidation sites excluding steroid dienone is 1. The maximum Gasteiger partial charge on any atom is 0.0216 e. The molecule has 2 rings (SSSR count). The Labute approximate surface area is 113 Å². The molecule has 0 atom stereocenters. The van der Waals surface area contributed by atoms with Gasteiger partial charge in [-0.3, -0.25) is 0 Å². The van der Waals surface area contributed by atoms with Gasteiger partial charge in [-0.15, -0.1) is 0 Å². The van der Waals surface area contributed by atoms with Gasteiger partial charge in [0.05, 0.1) is 0 Å². The van der Waals surface area contributed by atoms with Gasteiger partial charge in [-0.25, -0.2) is 0 Å². The molecule has 1 aliphatic rings. The van der Waals surface area contributed by atoms with Crippen LogP contribution in [-0.4, -0.2) is 0 Å². The first-order valence-electron chi connectivity index (χ1n) is 6.78. The lowest BCUT2D eigenvalue weighted by Gasteiger charge is -2.03. The summed E-state index contributed by atoms with van der Waals surface area (Å²) >= 11 is 3.64. The Bertz CT molecular complexity index is 404. The van der Waals surface area contributed by atoms with Gasteiger partial charge in [-0.1, -0.05) is 72.3 Å². The quantitative estimate of drug-likeness (QED) is 0.586. The van der Waals surface area contributed by atoms with E-state index in [9.17, 15) is 0 Å². The first-order valence-corrected chi connectivity index (χ1v) is 7.57. The number of benzene rings is 1. The van der Waals surface area contributed by atoms with Crippen LogP contribution in [0.2, 0.25) is 0 Å². The molecule has 0 amide bonds. The van der Waals surface area contributed by atoms with Crippen molar-refractivity contribution in [3.8, 4) is 0 Å². The molecule has 0 radical (unpaired) electrons. The molecule has 17 heavy (non-hydrogen) atoms. The summed E-state index contributed by atoms with van der Waals surface area (Å²) in [6.45, 7) is 2.27. The van der Waals surface area contributed by atoms with Gasteiger partial charge < -0.3 is 0 Å². The molecule has 1 aromatic carbocycles. The third-order valence-corrected chi connectivity index (χ3v) is 4.26. The van der Waals surface area contributed by atoms with Crippen LogP contribution >= 0.6 is 15.9 Å². The lowest BCUT2D eigenvalue weighted by atomic mass is 10.0. The summed E-state index contributed by atoms with van der Waals surface area (Å²) < 4.78 is 1.27. The Hall–Kier alpha value is -0.560. The molecular formula is C16H21Br. The van der Waals surface area contributed by atoms with Gasteiger partial charge in [0, 0.05) is 4.47 Å². The maximum absolute atomic E-state index is 3.64. The number of unbranched alkanes of at least 4 members (excludes halogenated alkanes) is 4. The summed E-state index contributed by atoms with van der Waals surface area (Å²) in [4.78, 5) is 0. The van der Waals surface area contributed by atoms with Crippen molar-refractivity contribution in [1.29, 1.82) is 0 Å². The van der Waals surface area contributed by atoms with E-state index in [0.29, 0.717) is 0 Å². The minimum atomic E-state index is 1.16. The molecule has 0 unspecified atom stereocenters. The molecule has 1 aromatic rings. The first-order chi connectivity index (χ1) is 8.31. The second kappa shape index (κ2) is 6.39. The number of hydrogen-bond donors (Lipinski definition) is 0. The average Bonchev–Trinajstić information content (AvgIpc) is 2.73. The monoisotopic (exact) mass is 292 g/mol. The SMILES string of the molecule is CCCCCCCC1=Cc2cccc(Br)c2C1. The molecule has 0 N–H and O–H groups in total. The van der Waals surface area contributed by atoms with Crippen molar-refractivity contribution in [1.82, 2.24) is 0 Å². The van der Waals surface area contributed by atoms with Crippen LogP contribution in [0.1, 0.15) is 56.6 Å². The van der Waals surface area contributed by atoms with E-state index in [0.717, 1.165) is 6.42 Å². The summed E-state index contributed by atoms with van der Waals surface area (Å²) in [7, 11) is 0. The molecule has 0 spiro atoms. The topological polar surface area (TPSA) is 0 Å². The van der Waals surface area contributed by atoms with Gasteiger partial charge in [-0.2, -0.15) is 0 Å². The van der Waals surface area contributed by atoms with Crippen molar-refractivity contribution in [2.24, 2.45) is 0 Å². The van der Waals surface area contributed by atoms with E-state index in [1.54, 1.807) is 5.57 Å². The second-order valence-electron chi connectivity index (χ2n) is 4.95. The highest BCUT2D eigenvalue weighted by Crippen LogP contribution is 2.32. The van der Waals surface area contributed by atoms with Crippen molar-refractivity contribution in [3.05, 3.63) is 39.4 Å². The summed E-state index contributed by atoms with van der Waals surface area (Å²) in [5, 5.41) is 0. The fourth-order valence-corrected chi connectivity index (χ4v) is 3.03. The maximum atomic E-state index is 3.64. The van der Waals surface area contributed by atoms with E-state index in [4.69, 9.17) is 0 Å². The zero-order valence-corrected chi connectivity index (χ0v) is 12.2. The Morgan fingerprint density at radius 2 is 1.94 bits per heavy atom. The molecule has 92 valence electrons. The molecule has 0 saturated carbocycles. The van der Waals surface area contributed by atoms with Gasteiger partial charge in [0.15, 0.2) is 0 Å². The summed E-state index contributed by atoms with van der Waals surface area (Å²) in [6.07, 6.45) is 11.7. The fourth-order valence-electron chi connectivity index (χ4n) is 2.51. The summed E-state index contributed by atoms with van der Waals surface area (Å²) in [5.41, 5.74) is 4.52. The third-order valence-electron chi connectivity index (χ3n) is 3.52. The highest BCUT2D eigenvalue weighted by Gasteiger charge is 2.14. The number of hydrogen-bond acceptors (Lipinski definition) is 0. The summed E-state index contributed by atoms with van der Waals surface area (Å²) in [6, 6.07) is 6.50. The Morgan fingerprint density at radius 3 is 2.71 bits per heavy atom. The highest BCUT2D eigenvalue weighted by molar-refractivity contribution is 9.10. The van der Waals surface area contributed by atoms with E-state index in [2.05, 4.69) is 47.1 Å². The average molecular weight is 293 g/mol. The largest absolute Gasteiger partial charge is 0.0654 e. The normalized spacial score (nSPS) is 13.6. The van der Waals surface area contributed by atoms with Gasteiger partial charge in [0.1, 0.15) is 0 Å². The lowest BCUT2D eigenvalue weighted by Crippen LogP contribution is -1.87. The molecule has 0 aliphatic heterocycles. The number of halogens is 1. The van der Waals surface area contributed by atoms with Crippen molar-refractivity contribution in [2.45, 2.75) is 51.9 Å². The summed E-state index contributed by atoms with van der Waals surface area (Å²) in [5.74, 6) is 0. The standard InChI is InChI=1S/C16H21Br/c1-2-3-4-5-6-8-13-11-14-9-7-10-16(17)15(14)12-13/h7,9-11H,2-6,8,12H2,1H3. The van der Waals surface area contributed by atoms with E-state index < -0.39 is 0 Å². The predicted octanol–water partition coefficient (Wildman–Crippen LogP) is 5.75. The molecule has 0 saturated heterocycles. The fraction of sp³-hybridized carbons (Fsp3) is 0.500. The minimum absolute atomic E-state index is 1.16. The zero-order chi connectivity index (χ0) is 12.1. The van der Waals surface area contributed by atoms with Crippen LogP contribution in [0.25, 0.3) is 6.08 Å². The molecule has 0 aromatic heterocycles. The van der Waals surface area contributed by atoms with Crippen molar-refractivity contribution in [2.75, 3.05) is 0 Å². The molecule has 0 nitrogen and oxygen atoms in total. The molecule has 1 heteroatoms. The molecular weight excluding hydrogens is 272 g/mol. The van der Waals surface area contributed by atoms with Crippen LogP contribution in [0, 0.1) is 0 Å². The highest BCUT2D eigenvalue weighted by atomic mass is 79.9. The first kappa shape index (κ1) is 12.9. The lowest BCUT2D eigenvalue weighted by molar-refractivity contribution is 0.629. The van der Waals surface area contributed by atoms with Gasteiger partial charge >= 0.3 is 0 Å². The zero-order valence-electron chi connectivity index (χ0n) is 10.6. The Morgan fingerprint density at radius 1 is 1.12 bits per heavy atom. The van der Waals surface area contributed by atoms with E-state index in [1.807, 2.05) is 0 Å². The van der Waals surface area contributed by atoms with E-state index >= 15 is 0 Å². The van der Waals surface area contributed by atoms with E-state index in [-0.39, 0.29) is 0 Å². The number of rotatable bonds is 6. The van der Waals surface area contributed by atoms with Crippen molar-refractivity contribution in [3.63, 3.8) is 0 Å². The predicted molar refractivity (Wildman–Crippen MR) is 79.2 cm³/mol. The van der Waals surface area contributed by atoms with Crippen LogP contribution in [0.4, 0.5) is 0 Å². The minimum Gasteiger partial charge on any atom is -0.0654 e. The van der Waals surface area contributed by atoms with Crippen LogP contribution in [0.3, 0.4) is 0 Å². The van der Waals surface area contributed by atoms with Crippen LogP contribution < -0.4 is 0 Å².